The zero-order valence-electron chi connectivity index (χ0n) is 11.7. The molecular formula is C14H16BrFN2O3. The summed E-state index contributed by atoms with van der Waals surface area (Å²) < 4.78 is 14.7. The Morgan fingerprint density at radius 1 is 1.48 bits per heavy atom. The van der Waals surface area contributed by atoms with Gasteiger partial charge >= 0.3 is 12.0 Å². The highest BCUT2D eigenvalue weighted by atomic mass is 79.9. The number of halogens is 2. The van der Waals surface area contributed by atoms with Gasteiger partial charge in [0.25, 0.3) is 0 Å². The number of nitrogens with zero attached hydrogens (tertiary/aromatic N) is 1. The Kier molecular flexibility index (Phi) is 4.22. The molecule has 114 valence electrons. The fourth-order valence-electron chi connectivity index (χ4n) is 2.26. The van der Waals surface area contributed by atoms with E-state index in [0.29, 0.717) is 23.0 Å². The van der Waals surface area contributed by atoms with Crippen LogP contribution in [0.25, 0.3) is 0 Å². The van der Waals surface area contributed by atoms with E-state index in [1.807, 2.05) is 0 Å². The van der Waals surface area contributed by atoms with Crippen molar-refractivity contribution in [3.63, 3.8) is 0 Å². The van der Waals surface area contributed by atoms with Crippen LogP contribution in [-0.4, -0.2) is 35.1 Å². The third kappa shape index (κ3) is 3.02. The van der Waals surface area contributed by atoms with Crippen molar-refractivity contribution in [2.45, 2.75) is 20.3 Å². The summed E-state index contributed by atoms with van der Waals surface area (Å²) in [5, 5.41) is 11.6. The van der Waals surface area contributed by atoms with E-state index in [2.05, 4.69) is 21.2 Å². The second-order valence-electron chi connectivity index (χ2n) is 5.50. The number of carbonyl (C=O) groups is 2. The molecule has 0 aliphatic carbocycles. The Balaban J connectivity index is 2.10. The highest BCUT2D eigenvalue weighted by Crippen LogP contribution is 2.31. The summed E-state index contributed by atoms with van der Waals surface area (Å²) in [5.74, 6) is -1.43. The zero-order valence-corrected chi connectivity index (χ0v) is 13.3. The summed E-state index contributed by atoms with van der Waals surface area (Å²) in [7, 11) is 0. The predicted molar refractivity (Wildman–Crippen MR) is 79.8 cm³/mol. The van der Waals surface area contributed by atoms with Crippen molar-refractivity contribution in [3.05, 3.63) is 28.0 Å². The first-order chi connectivity index (χ1) is 9.74. The predicted octanol–water partition coefficient (Wildman–Crippen LogP) is 3.23. The number of carboxylic acids is 1. The van der Waals surface area contributed by atoms with E-state index >= 15 is 0 Å². The van der Waals surface area contributed by atoms with Gasteiger partial charge in [0, 0.05) is 23.1 Å². The summed E-state index contributed by atoms with van der Waals surface area (Å²) in [6.07, 6.45) is 0.387. The minimum atomic E-state index is -0.939. The minimum absolute atomic E-state index is 0.0876. The SMILES string of the molecule is Cc1c(Br)ccc(NC(=O)N2CCC(C)(C(=O)O)C2)c1F. The molecule has 5 nitrogen and oxygen atoms in total. The molecule has 0 spiro atoms. The van der Waals surface area contributed by atoms with Crippen LogP contribution in [0, 0.1) is 18.2 Å². The van der Waals surface area contributed by atoms with Crippen molar-refractivity contribution in [3.8, 4) is 0 Å². The average molecular weight is 359 g/mol. The van der Waals surface area contributed by atoms with Gasteiger partial charge in [-0.3, -0.25) is 4.79 Å². The third-order valence-corrected chi connectivity index (χ3v) is 4.70. The van der Waals surface area contributed by atoms with Crippen LogP contribution in [0.4, 0.5) is 14.9 Å². The van der Waals surface area contributed by atoms with E-state index in [0.717, 1.165) is 0 Å². The molecule has 1 fully saturated rings. The molecular weight excluding hydrogens is 343 g/mol. The molecule has 1 aliphatic rings. The maximum absolute atomic E-state index is 14.0. The summed E-state index contributed by atoms with van der Waals surface area (Å²) in [6.45, 7) is 3.66. The van der Waals surface area contributed by atoms with Crippen LogP contribution in [0.15, 0.2) is 16.6 Å². The lowest BCUT2D eigenvalue weighted by Crippen LogP contribution is -2.37. The average Bonchev–Trinajstić information content (AvgIpc) is 2.84. The van der Waals surface area contributed by atoms with Gasteiger partial charge in [-0.05, 0) is 32.4 Å². The molecule has 2 rings (SSSR count). The number of aliphatic carboxylic acids is 1. The lowest BCUT2D eigenvalue weighted by Gasteiger charge is -2.21. The number of hydrogen-bond donors (Lipinski definition) is 2. The number of carbonyl (C=O) groups excluding carboxylic acids is 1. The van der Waals surface area contributed by atoms with Gasteiger partial charge in [-0.15, -0.1) is 0 Å². The number of carboxylic acid groups (broad SMARTS) is 1. The molecule has 0 radical (unpaired) electrons. The third-order valence-electron chi connectivity index (χ3n) is 3.84. The normalized spacial score (nSPS) is 21.4. The first-order valence-corrected chi connectivity index (χ1v) is 7.28. The molecule has 1 heterocycles. The Morgan fingerprint density at radius 3 is 2.71 bits per heavy atom. The van der Waals surface area contributed by atoms with Crippen LogP contribution < -0.4 is 5.32 Å². The van der Waals surface area contributed by atoms with Crippen molar-refractivity contribution in [1.82, 2.24) is 4.90 Å². The smallest absolute Gasteiger partial charge is 0.321 e. The lowest BCUT2D eigenvalue weighted by molar-refractivity contribution is -0.146. The molecule has 0 saturated carbocycles. The van der Waals surface area contributed by atoms with Gasteiger partial charge in [-0.1, -0.05) is 15.9 Å². The maximum Gasteiger partial charge on any atom is 0.321 e. The van der Waals surface area contributed by atoms with Gasteiger partial charge in [0.1, 0.15) is 0 Å². The standard InChI is InChI=1S/C14H16BrFN2O3/c1-8-9(15)3-4-10(11(8)16)17-13(21)18-6-5-14(2,7-18)12(19)20/h3-4H,5-7H2,1-2H3,(H,17,21)(H,19,20). The number of anilines is 1. The Bertz CT molecular complexity index is 608. The molecule has 1 aliphatic heterocycles. The molecule has 0 bridgehead atoms. The second-order valence-corrected chi connectivity index (χ2v) is 6.36. The highest BCUT2D eigenvalue weighted by Gasteiger charge is 2.42. The number of amides is 2. The summed E-state index contributed by atoms with van der Waals surface area (Å²) in [5.41, 5.74) is -0.444. The van der Waals surface area contributed by atoms with Crippen molar-refractivity contribution in [1.29, 1.82) is 0 Å². The minimum Gasteiger partial charge on any atom is -0.481 e. The van der Waals surface area contributed by atoms with Crippen molar-refractivity contribution in [2.75, 3.05) is 18.4 Å². The first kappa shape index (κ1) is 15.8. The number of nitrogens with one attached hydrogen (secondary N) is 1. The summed E-state index contributed by atoms with van der Waals surface area (Å²) in [6, 6.07) is 2.64. The number of hydrogen-bond acceptors (Lipinski definition) is 2. The molecule has 1 aromatic carbocycles. The quantitative estimate of drug-likeness (QED) is 0.852. The van der Waals surface area contributed by atoms with Crippen LogP contribution in [0.3, 0.4) is 0 Å². The van der Waals surface area contributed by atoms with Crippen LogP contribution in [0.5, 0.6) is 0 Å². The Labute approximate surface area is 130 Å². The van der Waals surface area contributed by atoms with E-state index in [-0.39, 0.29) is 12.2 Å². The van der Waals surface area contributed by atoms with Gasteiger partial charge in [0.15, 0.2) is 5.82 Å². The molecule has 1 unspecified atom stereocenters. The van der Waals surface area contributed by atoms with Crippen LogP contribution in [0.1, 0.15) is 18.9 Å². The molecule has 1 atom stereocenters. The molecule has 2 amide bonds. The topological polar surface area (TPSA) is 69.6 Å². The molecule has 1 aromatic rings. The molecule has 7 heteroatoms. The maximum atomic E-state index is 14.0. The van der Waals surface area contributed by atoms with E-state index in [4.69, 9.17) is 5.11 Å². The van der Waals surface area contributed by atoms with E-state index < -0.39 is 23.2 Å². The first-order valence-electron chi connectivity index (χ1n) is 6.48. The van der Waals surface area contributed by atoms with Gasteiger partial charge in [-0.25, -0.2) is 9.18 Å². The van der Waals surface area contributed by atoms with Crippen molar-refractivity contribution < 1.29 is 19.1 Å². The van der Waals surface area contributed by atoms with E-state index in [9.17, 15) is 14.0 Å². The van der Waals surface area contributed by atoms with Gasteiger partial charge in [0.2, 0.25) is 0 Å². The largest absolute Gasteiger partial charge is 0.481 e. The lowest BCUT2D eigenvalue weighted by atomic mass is 9.90. The van der Waals surface area contributed by atoms with Crippen LogP contribution in [-0.2, 0) is 4.79 Å². The molecule has 0 aromatic heterocycles. The van der Waals surface area contributed by atoms with Crippen LogP contribution >= 0.6 is 15.9 Å². The number of rotatable bonds is 2. The van der Waals surface area contributed by atoms with Gasteiger partial charge < -0.3 is 15.3 Å². The second kappa shape index (κ2) is 5.63. The highest BCUT2D eigenvalue weighted by molar-refractivity contribution is 9.10. The van der Waals surface area contributed by atoms with Crippen molar-refractivity contribution >= 4 is 33.6 Å². The van der Waals surface area contributed by atoms with Gasteiger partial charge in [-0.2, -0.15) is 0 Å². The number of urea groups is 1. The van der Waals surface area contributed by atoms with E-state index in [1.165, 1.54) is 11.0 Å². The van der Waals surface area contributed by atoms with Gasteiger partial charge in [0.05, 0.1) is 11.1 Å². The monoisotopic (exact) mass is 358 g/mol. The molecule has 2 N–H and O–H groups in total. The number of benzene rings is 1. The van der Waals surface area contributed by atoms with Crippen molar-refractivity contribution in [2.24, 2.45) is 5.41 Å². The summed E-state index contributed by atoms with van der Waals surface area (Å²) >= 11 is 3.22. The fraction of sp³-hybridized carbons (Fsp3) is 0.429. The Hall–Kier alpha value is -1.63. The Morgan fingerprint density at radius 2 is 2.14 bits per heavy atom. The fourth-order valence-corrected chi connectivity index (χ4v) is 2.57. The van der Waals surface area contributed by atoms with E-state index in [1.54, 1.807) is 19.9 Å². The zero-order chi connectivity index (χ0) is 15.8. The molecule has 21 heavy (non-hydrogen) atoms. The summed E-state index contributed by atoms with van der Waals surface area (Å²) in [4.78, 5) is 24.7. The van der Waals surface area contributed by atoms with Crippen LogP contribution in [0.2, 0.25) is 0 Å². The molecule has 1 saturated heterocycles. The number of likely N-dealkylation sites (tertiary alicyclic amines) is 1.